The molecule has 1 aromatic carbocycles. The lowest BCUT2D eigenvalue weighted by atomic mass is 10.0. The summed E-state index contributed by atoms with van der Waals surface area (Å²) in [5.41, 5.74) is 12.3. The minimum atomic E-state index is 0.221. The van der Waals surface area contributed by atoms with E-state index in [2.05, 4.69) is 66.2 Å². The van der Waals surface area contributed by atoms with E-state index in [1.54, 1.807) is 6.33 Å². The molecule has 4 rings (SSSR count). The van der Waals surface area contributed by atoms with E-state index in [0.29, 0.717) is 6.54 Å². The molecule has 1 aliphatic rings. The Morgan fingerprint density at radius 1 is 1.19 bits per heavy atom. The highest BCUT2D eigenvalue weighted by Crippen LogP contribution is 2.29. The van der Waals surface area contributed by atoms with E-state index in [-0.39, 0.29) is 12.2 Å². The van der Waals surface area contributed by atoms with Crippen molar-refractivity contribution in [3.05, 3.63) is 47.9 Å². The minimum absolute atomic E-state index is 0.221. The minimum Gasteiger partial charge on any atom is -0.372 e. The second-order valence-corrected chi connectivity index (χ2v) is 7.14. The van der Waals surface area contributed by atoms with Gasteiger partial charge in [-0.2, -0.15) is 5.10 Å². The van der Waals surface area contributed by atoms with Crippen molar-refractivity contribution < 1.29 is 4.74 Å². The molecule has 0 radical (unpaired) electrons. The SMILES string of the molecule is Cc1cc(-c2ncnn3cc(N4C[C@@H](C)O[C@H](C)C4)cc23)ccc1CN. The molecule has 1 aliphatic heterocycles. The van der Waals surface area contributed by atoms with Crippen molar-refractivity contribution in [1.29, 1.82) is 0 Å². The molecule has 6 heteroatoms. The fourth-order valence-corrected chi connectivity index (χ4v) is 3.77. The summed E-state index contributed by atoms with van der Waals surface area (Å²) < 4.78 is 7.76. The Kier molecular flexibility index (Phi) is 4.38. The Labute approximate surface area is 153 Å². The first-order chi connectivity index (χ1) is 12.5. The van der Waals surface area contributed by atoms with Crippen LogP contribution in [0.15, 0.2) is 36.8 Å². The van der Waals surface area contributed by atoms with Crippen molar-refractivity contribution in [3.8, 4) is 11.3 Å². The van der Waals surface area contributed by atoms with Gasteiger partial charge in [0.15, 0.2) is 0 Å². The average Bonchev–Trinajstić information content (AvgIpc) is 3.05. The molecule has 6 nitrogen and oxygen atoms in total. The molecule has 2 atom stereocenters. The third kappa shape index (κ3) is 3.06. The van der Waals surface area contributed by atoms with Gasteiger partial charge in [-0.3, -0.25) is 0 Å². The standard InChI is InChI=1S/C20H25N5O/c1-13-6-16(4-5-17(13)8-21)20-19-7-18(11-25(19)23-12-22-20)24-9-14(2)26-15(3)10-24/h4-7,11-12,14-15H,8-10,21H2,1-3H3/t14-,15-/m1/s1. The number of hydrogen-bond donors (Lipinski definition) is 1. The van der Waals surface area contributed by atoms with Crippen LogP contribution in [-0.2, 0) is 11.3 Å². The molecule has 0 unspecified atom stereocenters. The smallest absolute Gasteiger partial charge is 0.137 e. The number of fused-ring (bicyclic) bond motifs is 1. The Morgan fingerprint density at radius 3 is 2.65 bits per heavy atom. The van der Waals surface area contributed by atoms with E-state index < -0.39 is 0 Å². The second-order valence-electron chi connectivity index (χ2n) is 7.14. The highest BCUT2D eigenvalue weighted by Gasteiger charge is 2.23. The predicted molar refractivity (Wildman–Crippen MR) is 103 cm³/mol. The van der Waals surface area contributed by atoms with Crippen LogP contribution in [-0.4, -0.2) is 39.9 Å². The predicted octanol–water partition coefficient (Wildman–Crippen LogP) is 2.78. The van der Waals surface area contributed by atoms with Crippen molar-refractivity contribution in [2.75, 3.05) is 18.0 Å². The number of morpholine rings is 1. The molecular weight excluding hydrogens is 326 g/mol. The largest absolute Gasteiger partial charge is 0.372 e. The highest BCUT2D eigenvalue weighted by molar-refractivity contribution is 5.80. The molecule has 0 spiro atoms. The van der Waals surface area contributed by atoms with Crippen molar-refractivity contribution in [2.45, 2.75) is 39.5 Å². The Hall–Kier alpha value is -2.44. The molecule has 2 aromatic heterocycles. The number of benzene rings is 1. The molecule has 1 fully saturated rings. The maximum atomic E-state index is 5.85. The van der Waals surface area contributed by atoms with Gasteiger partial charge in [0, 0.05) is 25.2 Å². The fourth-order valence-electron chi connectivity index (χ4n) is 3.77. The zero-order valence-electron chi connectivity index (χ0n) is 15.5. The van der Waals surface area contributed by atoms with Crippen LogP contribution in [0.25, 0.3) is 16.8 Å². The van der Waals surface area contributed by atoms with Crippen LogP contribution in [0.1, 0.15) is 25.0 Å². The van der Waals surface area contributed by atoms with Crippen LogP contribution >= 0.6 is 0 Å². The van der Waals surface area contributed by atoms with Gasteiger partial charge in [-0.25, -0.2) is 9.50 Å². The van der Waals surface area contributed by atoms with Crippen LogP contribution in [0.4, 0.5) is 5.69 Å². The number of rotatable bonds is 3. The molecule has 2 N–H and O–H groups in total. The van der Waals surface area contributed by atoms with Crippen molar-refractivity contribution in [3.63, 3.8) is 0 Å². The molecule has 0 saturated carbocycles. The van der Waals surface area contributed by atoms with E-state index in [9.17, 15) is 0 Å². The molecule has 136 valence electrons. The van der Waals surface area contributed by atoms with E-state index in [4.69, 9.17) is 10.5 Å². The van der Waals surface area contributed by atoms with Crippen molar-refractivity contribution in [1.82, 2.24) is 14.6 Å². The number of ether oxygens (including phenoxy) is 1. The van der Waals surface area contributed by atoms with Gasteiger partial charge in [0.05, 0.1) is 35.3 Å². The van der Waals surface area contributed by atoms with E-state index >= 15 is 0 Å². The normalized spacial score (nSPS) is 20.7. The summed E-state index contributed by atoms with van der Waals surface area (Å²) in [6.45, 7) is 8.64. The summed E-state index contributed by atoms with van der Waals surface area (Å²) in [6, 6.07) is 8.49. The Bertz CT molecular complexity index is 925. The number of nitrogens with zero attached hydrogens (tertiary/aromatic N) is 4. The number of aromatic nitrogens is 3. The van der Waals surface area contributed by atoms with Crippen LogP contribution in [0.5, 0.6) is 0 Å². The third-order valence-electron chi connectivity index (χ3n) is 5.01. The summed E-state index contributed by atoms with van der Waals surface area (Å²) in [4.78, 5) is 6.92. The number of hydrogen-bond acceptors (Lipinski definition) is 5. The van der Waals surface area contributed by atoms with Crippen molar-refractivity contribution in [2.24, 2.45) is 5.73 Å². The van der Waals surface area contributed by atoms with Crippen LogP contribution in [0, 0.1) is 6.92 Å². The van der Waals surface area contributed by atoms with E-state index in [1.807, 2.05) is 4.52 Å². The summed E-state index contributed by atoms with van der Waals surface area (Å²) in [5.74, 6) is 0. The van der Waals surface area contributed by atoms with Crippen LogP contribution in [0.3, 0.4) is 0 Å². The summed E-state index contributed by atoms with van der Waals surface area (Å²) in [5, 5.41) is 4.40. The quantitative estimate of drug-likeness (QED) is 0.786. The van der Waals surface area contributed by atoms with E-state index in [0.717, 1.165) is 41.1 Å². The lowest BCUT2D eigenvalue weighted by molar-refractivity contribution is -0.00521. The molecule has 1 saturated heterocycles. The van der Waals surface area contributed by atoms with Gasteiger partial charge in [0.25, 0.3) is 0 Å². The molecule has 3 heterocycles. The van der Waals surface area contributed by atoms with E-state index in [1.165, 1.54) is 5.56 Å². The summed E-state index contributed by atoms with van der Waals surface area (Å²) >= 11 is 0. The number of aryl methyl sites for hydroxylation is 1. The van der Waals surface area contributed by atoms with Crippen LogP contribution < -0.4 is 10.6 Å². The summed E-state index contributed by atoms with van der Waals surface area (Å²) in [6.07, 6.45) is 4.13. The zero-order chi connectivity index (χ0) is 18.3. The topological polar surface area (TPSA) is 68.7 Å². The molecule has 0 amide bonds. The molecule has 26 heavy (non-hydrogen) atoms. The lowest BCUT2D eigenvalue weighted by Gasteiger charge is -2.36. The van der Waals surface area contributed by atoms with Gasteiger partial charge in [0.2, 0.25) is 0 Å². The fraction of sp³-hybridized carbons (Fsp3) is 0.400. The zero-order valence-corrected chi connectivity index (χ0v) is 15.5. The monoisotopic (exact) mass is 351 g/mol. The highest BCUT2D eigenvalue weighted by atomic mass is 16.5. The van der Waals surface area contributed by atoms with Gasteiger partial charge in [0.1, 0.15) is 6.33 Å². The lowest BCUT2D eigenvalue weighted by Crippen LogP contribution is -2.45. The van der Waals surface area contributed by atoms with Crippen molar-refractivity contribution >= 4 is 11.2 Å². The first-order valence-electron chi connectivity index (χ1n) is 9.09. The Morgan fingerprint density at radius 2 is 1.96 bits per heavy atom. The average molecular weight is 351 g/mol. The molecule has 0 aliphatic carbocycles. The van der Waals surface area contributed by atoms with Gasteiger partial charge in [-0.1, -0.05) is 12.1 Å². The molecule has 0 bridgehead atoms. The Balaban J connectivity index is 1.75. The molecule has 3 aromatic rings. The maximum absolute atomic E-state index is 5.85. The first kappa shape index (κ1) is 17.0. The number of nitrogens with two attached hydrogens (primary N) is 1. The molecular formula is C20H25N5O. The third-order valence-corrected chi connectivity index (χ3v) is 5.01. The van der Waals surface area contributed by atoms with Gasteiger partial charge in [-0.05, 0) is 44.0 Å². The maximum Gasteiger partial charge on any atom is 0.137 e. The van der Waals surface area contributed by atoms with Gasteiger partial charge >= 0.3 is 0 Å². The number of anilines is 1. The van der Waals surface area contributed by atoms with Gasteiger partial charge < -0.3 is 15.4 Å². The van der Waals surface area contributed by atoms with Gasteiger partial charge in [-0.15, -0.1) is 0 Å². The summed E-state index contributed by atoms with van der Waals surface area (Å²) in [7, 11) is 0. The first-order valence-corrected chi connectivity index (χ1v) is 9.09. The second kappa shape index (κ2) is 6.70. The van der Waals surface area contributed by atoms with Crippen LogP contribution in [0.2, 0.25) is 0 Å².